The Kier molecular flexibility index (Phi) is 6.91. The van der Waals surface area contributed by atoms with Crippen molar-refractivity contribution in [3.8, 4) is 11.5 Å². The Hall–Kier alpha value is -3.26. The number of carbonyl (C=O) groups excluding carboxylic acids is 1. The maximum atomic E-state index is 12.3. The molecule has 0 fully saturated rings. The molecule has 3 aromatic rings. The van der Waals surface area contributed by atoms with Gasteiger partial charge in [0.1, 0.15) is 11.5 Å². The van der Waals surface area contributed by atoms with Crippen molar-refractivity contribution < 1.29 is 14.3 Å². The molecule has 0 saturated carbocycles. The molecule has 0 atom stereocenters. The van der Waals surface area contributed by atoms with Crippen LogP contribution in [0.5, 0.6) is 11.5 Å². The lowest BCUT2D eigenvalue weighted by atomic mass is 10.2. The summed E-state index contributed by atoms with van der Waals surface area (Å²) in [6.45, 7) is 0. The molecular formula is C21H21N3O4S. The van der Waals surface area contributed by atoms with Crippen LogP contribution in [0.1, 0.15) is 11.3 Å². The van der Waals surface area contributed by atoms with E-state index in [1.54, 1.807) is 38.5 Å². The Morgan fingerprint density at radius 1 is 1.07 bits per heavy atom. The average molecular weight is 411 g/mol. The van der Waals surface area contributed by atoms with Crippen LogP contribution in [0, 0.1) is 0 Å². The number of hydrogen-bond donors (Lipinski definition) is 2. The van der Waals surface area contributed by atoms with Crippen molar-refractivity contribution in [1.29, 1.82) is 0 Å². The van der Waals surface area contributed by atoms with Gasteiger partial charge in [-0.3, -0.25) is 9.59 Å². The number of nitrogens with zero attached hydrogens (tertiary/aromatic N) is 1. The first-order valence-electron chi connectivity index (χ1n) is 8.85. The molecule has 150 valence electrons. The van der Waals surface area contributed by atoms with Crippen molar-refractivity contribution in [2.24, 2.45) is 0 Å². The fourth-order valence-electron chi connectivity index (χ4n) is 2.60. The lowest BCUT2D eigenvalue weighted by Crippen LogP contribution is -2.18. The van der Waals surface area contributed by atoms with Gasteiger partial charge in [-0.2, -0.15) is 0 Å². The smallest absolute Gasteiger partial charge is 0.251 e. The number of aromatic amines is 1. The molecule has 1 amide bonds. The fourth-order valence-corrected chi connectivity index (χ4v) is 3.44. The Balaban J connectivity index is 1.63. The van der Waals surface area contributed by atoms with Gasteiger partial charge in [0.25, 0.3) is 5.56 Å². The zero-order valence-corrected chi connectivity index (χ0v) is 16.9. The molecule has 0 bridgehead atoms. The van der Waals surface area contributed by atoms with E-state index in [9.17, 15) is 9.59 Å². The molecule has 0 aliphatic rings. The number of rotatable bonds is 8. The van der Waals surface area contributed by atoms with Crippen LogP contribution < -0.4 is 20.3 Å². The highest BCUT2D eigenvalue weighted by atomic mass is 32.2. The van der Waals surface area contributed by atoms with Crippen LogP contribution in [-0.4, -0.2) is 30.1 Å². The molecule has 0 aliphatic heterocycles. The molecule has 7 nitrogen and oxygen atoms in total. The molecule has 0 aliphatic carbocycles. The van der Waals surface area contributed by atoms with E-state index in [1.165, 1.54) is 17.8 Å². The Morgan fingerprint density at radius 2 is 1.83 bits per heavy atom. The highest BCUT2D eigenvalue weighted by molar-refractivity contribution is 7.98. The SMILES string of the molecule is COc1ccc(NC(=O)Cc2cc(=O)[nH]c(SCc3cccc(OC)c3)n2)cc1. The maximum absolute atomic E-state index is 12.3. The summed E-state index contributed by atoms with van der Waals surface area (Å²) in [6.07, 6.45) is 0.00265. The lowest BCUT2D eigenvalue weighted by Gasteiger charge is -2.07. The molecule has 0 unspecified atom stereocenters. The molecule has 2 aromatic carbocycles. The number of hydrogen-bond acceptors (Lipinski definition) is 6. The third kappa shape index (κ3) is 6.11. The number of methoxy groups -OCH3 is 2. The van der Waals surface area contributed by atoms with Crippen molar-refractivity contribution in [2.75, 3.05) is 19.5 Å². The summed E-state index contributed by atoms with van der Waals surface area (Å²) in [7, 11) is 3.20. The van der Waals surface area contributed by atoms with Crippen molar-refractivity contribution >= 4 is 23.4 Å². The molecule has 2 N–H and O–H groups in total. The molecule has 29 heavy (non-hydrogen) atoms. The zero-order chi connectivity index (χ0) is 20.6. The van der Waals surface area contributed by atoms with Gasteiger partial charge in [-0.1, -0.05) is 23.9 Å². The highest BCUT2D eigenvalue weighted by Crippen LogP contribution is 2.21. The minimum absolute atomic E-state index is 0.00265. The first-order chi connectivity index (χ1) is 14.1. The van der Waals surface area contributed by atoms with E-state index in [0.717, 1.165) is 11.3 Å². The van der Waals surface area contributed by atoms with E-state index in [4.69, 9.17) is 9.47 Å². The van der Waals surface area contributed by atoms with Gasteiger partial charge < -0.3 is 19.8 Å². The third-order valence-corrected chi connectivity index (χ3v) is 4.94. The minimum atomic E-state index is -0.291. The number of H-pyrrole nitrogens is 1. The summed E-state index contributed by atoms with van der Waals surface area (Å²) in [5.74, 6) is 1.84. The van der Waals surface area contributed by atoms with Gasteiger partial charge in [-0.05, 0) is 42.0 Å². The summed E-state index contributed by atoms with van der Waals surface area (Å²) < 4.78 is 10.3. The van der Waals surface area contributed by atoms with Crippen LogP contribution >= 0.6 is 11.8 Å². The predicted octanol–water partition coefficient (Wildman–Crippen LogP) is 3.26. The van der Waals surface area contributed by atoms with Crippen LogP contribution in [0.25, 0.3) is 0 Å². The number of ether oxygens (including phenoxy) is 2. The molecule has 1 aromatic heterocycles. The number of benzene rings is 2. The molecule has 1 heterocycles. The molecule has 0 saturated heterocycles. The van der Waals surface area contributed by atoms with Crippen molar-refractivity contribution in [1.82, 2.24) is 9.97 Å². The van der Waals surface area contributed by atoms with Crippen molar-refractivity contribution in [3.63, 3.8) is 0 Å². The van der Waals surface area contributed by atoms with E-state index < -0.39 is 0 Å². The van der Waals surface area contributed by atoms with Crippen LogP contribution in [-0.2, 0) is 17.0 Å². The monoisotopic (exact) mass is 411 g/mol. The average Bonchev–Trinajstić information content (AvgIpc) is 2.72. The molecule has 0 radical (unpaired) electrons. The summed E-state index contributed by atoms with van der Waals surface area (Å²) in [4.78, 5) is 31.3. The molecule has 8 heteroatoms. The van der Waals surface area contributed by atoms with Gasteiger partial charge >= 0.3 is 0 Å². The van der Waals surface area contributed by atoms with E-state index in [2.05, 4.69) is 15.3 Å². The van der Waals surface area contributed by atoms with Crippen LogP contribution in [0.2, 0.25) is 0 Å². The van der Waals surface area contributed by atoms with Crippen LogP contribution in [0.3, 0.4) is 0 Å². The number of anilines is 1. The van der Waals surface area contributed by atoms with Gasteiger partial charge in [0.15, 0.2) is 5.16 Å². The van der Waals surface area contributed by atoms with Crippen LogP contribution in [0.4, 0.5) is 5.69 Å². The minimum Gasteiger partial charge on any atom is -0.497 e. The summed E-state index contributed by atoms with van der Waals surface area (Å²) in [5.41, 5.74) is 1.81. The van der Waals surface area contributed by atoms with E-state index in [-0.39, 0.29) is 17.9 Å². The largest absolute Gasteiger partial charge is 0.497 e. The van der Waals surface area contributed by atoms with E-state index in [1.807, 2.05) is 24.3 Å². The normalized spacial score (nSPS) is 10.4. The molecular weight excluding hydrogens is 390 g/mol. The number of thioether (sulfide) groups is 1. The Bertz CT molecular complexity index is 1030. The standard InChI is InChI=1S/C21H21N3O4S/c1-27-17-8-6-15(7-9-17)22-19(25)11-16-12-20(26)24-21(23-16)29-13-14-4-3-5-18(10-14)28-2/h3-10,12H,11,13H2,1-2H3,(H,22,25)(H,23,24,26). The second-order valence-electron chi connectivity index (χ2n) is 6.14. The van der Waals surface area contributed by atoms with E-state index >= 15 is 0 Å². The topological polar surface area (TPSA) is 93.3 Å². The second kappa shape index (κ2) is 9.79. The van der Waals surface area contributed by atoms with Gasteiger partial charge in [-0.15, -0.1) is 0 Å². The predicted molar refractivity (Wildman–Crippen MR) is 113 cm³/mol. The first kappa shape index (κ1) is 20.5. The molecule has 0 spiro atoms. The summed E-state index contributed by atoms with van der Waals surface area (Å²) >= 11 is 1.39. The Morgan fingerprint density at radius 3 is 2.55 bits per heavy atom. The van der Waals surface area contributed by atoms with Gasteiger partial charge in [-0.25, -0.2) is 4.98 Å². The number of carbonyl (C=O) groups is 1. The third-order valence-electron chi connectivity index (χ3n) is 4.00. The highest BCUT2D eigenvalue weighted by Gasteiger charge is 2.09. The van der Waals surface area contributed by atoms with Crippen LogP contribution in [0.15, 0.2) is 64.5 Å². The maximum Gasteiger partial charge on any atom is 0.251 e. The number of aromatic nitrogens is 2. The van der Waals surface area contributed by atoms with Gasteiger partial charge in [0, 0.05) is 17.5 Å². The number of nitrogens with one attached hydrogen (secondary N) is 2. The van der Waals surface area contributed by atoms with E-state index in [0.29, 0.717) is 28.0 Å². The first-order valence-corrected chi connectivity index (χ1v) is 9.84. The number of amides is 1. The van der Waals surface area contributed by atoms with Gasteiger partial charge in [0.2, 0.25) is 5.91 Å². The lowest BCUT2D eigenvalue weighted by molar-refractivity contribution is -0.115. The van der Waals surface area contributed by atoms with Crippen molar-refractivity contribution in [3.05, 3.63) is 76.2 Å². The van der Waals surface area contributed by atoms with Crippen molar-refractivity contribution in [2.45, 2.75) is 17.3 Å². The Labute approximate surface area is 172 Å². The van der Waals surface area contributed by atoms with Gasteiger partial charge in [0.05, 0.1) is 26.3 Å². The quantitative estimate of drug-likeness (QED) is 0.437. The summed E-state index contributed by atoms with van der Waals surface area (Å²) in [6, 6.07) is 16.0. The summed E-state index contributed by atoms with van der Waals surface area (Å²) in [5, 5.41) is 3.25. The fraction of sp³-hybridized carbons (Fsp3) is 0.190. The zero-order valence-electron chi connectivity index (χ0n) is 16.1. The molecule has 3 rings (SSSR count). The second-order valence-corrected chi connectivity index (χ2v) is 7.10.